The number of aromatic nitrogens is 3. The highest BCUT2D eigenvalue weighted by atomic mass is 32.2. The number of nitrogens with one attached hydrogen (secondary N) is 2. The lowest BCUT2D eigenvalue weighted by atomic mass is 10.1. The third kappa shape index (κ3) is 4.29. The van der Waals surface area contributed by atoms with E-state index in [9.17, 15) is 8.42 Å². The molecule has 2 N–H and O–H groups in total. The van der Waals surface area contributed by atoms with Crippen LogP contribution in [-0.2, 0) is 9.84 Å². The average Bonchev–Trinajstić information content (AvgIpc) is 3.46. The molecular weight excluding hydrogens is 466 g/mol. The number of fused-ring (bicyclic) bond motifs is 1. The predicted octanol–water partition coefficient (Wildman–Crippen LogP) is 5.68. The van der Waals surface area contributed by atoms with Crippen LogP contribution in [0.4, 0.5) is 10.8 Å². The number of aryl methyl sites for hydroxylation is 1. The van der Waals surface area contributed by atoms with Crippen molar-refractivity contribution in [2.75, 3.05) is 11.6 Å². The van der Waals surface area contributed by atoms with Gasteiger partial charge in [-0.15, -0.1) is 11.3 Å². The van der Waals surface area contributed by atoms with E-state index in [2.05, 4.69) is 26.3 Å². The number of rotatable bonds is 5. The van der Waals surface area contributed by atoms with E-state index in [0.717, 1.165) is 38.7 Å². The number of aromatic amines is 1. The molecule has 2 heterocycles. The van der Waals surface area contributed by atoms with Crippen molar-refractivity contribution < 1.29 is 8.42 Å². The number of anilines is 2. The molecule has 7 nitrogen and oxygen atoms in total. The highest BCUT2D eigenvalue weighted by Gasteiger charge is 2.13. The van der Waals surface area contributed by atoms with E-state index < -0.39 is 9.84 Å². The first-order valence-electron chi connectivity index (χ1n) is 10.3. The molecular formula is C25H19N5O2S2. The lowest BCUT2D eigenvalue weighted by molar-refractivity contribution is 0.602. The fourth-order valence-electron chi connectivity index (χ4n) is 3.60. The smallest absolute Gasteiger partial charge is 0.187 e. The van der Waals surface area contributed by atoms with Gasteiger partial charge >= 0.3 is 0 Å². The van der Waals surface area contributed by atoms with Crippen LogP contribution in [0, 0.1) is 18.3 Å². The first-order valence-corrected chi connectivity index (χ1v) is 13.1. The molecule has 0 unspecified atom stereocenters. The Morgan fingerprint density at radius 1 is 1.03 bits per heavy atom. The van der Waals surface area contributed by atoms with Crippen LogP contribution in [0.1, 0.15) is 11.1 Å². The second kappa shape index (κ2) is 8.41. The van der Waals surface area contributed by atoms with Crippen molar-refractivity contribution in [3.05, 3.63) is 77.2 Å². The maximum atomic E-state index is 11.9. The van der Waals surface area contributed by atoms with Crippen LogP contribution < -0.4 is 5.32 Å². The summed E-state index contributed by atoms with van der Waals surface area (Å²) in [5.74, 6) is 0.606. The largest absolute Gasteiger partial charge is 0.338 e. The van der Waals surface area contributed by atoms with Crippen LogP contribution in [0.15, 0.2) is 70.9 Å². The van der Waals surface area contributed by atoms with Gasteiger partial charge in [-0.1, -0.05) is 24.3 Å². The van der Waals surface area contributed by atoms with Gasteiger partial charge in [-0.05, 0) is 48.9 Å². The van der Waals surface area contributed by atoms with Gasteiger partial charge in [-0.2, -0.15) is 5.26 Å². The van der Waals surface area contributed by atoms with Crippen LogP contribution >= 0.6 is 11.3 Å². The molecule has 34 heavy (non-hydrogen) atoms. The molecule has 0 aliphatic rings. The van der Waals surface area contributed by atoms with E-state index in [1.807, 2.05) is 42.6 Å². The van der Waals surface area contributed by atoms with Gasteiger partial charge in [0.1, 0.15) is 5.82 Å². The Labute approximate surface area is 200 Å². The molecule has 0 aliphatic heterocycles. The molecule has 0 amide bonds. The van der Waals surface area contributed by atoms with Gasteiger partial charge in [-0.3, -0.25) is 0 Å². The van der Waals surface area contributed by atoms with Crippen molar-refractivity contribution in [1.29, 1.82) is 5.26 Å². The number of hydrogen-bond acceptors (Lipinski definition) is 7. The molecule has 9 heteroatoms. The Morgan fingerprint density at radius 2 is 1.82 bits per heavy atom. The molecule has 0 radical (unpaired) electrons. The van der Waals surface area contributed by atoms with E-state index in [0.29, 0.717) is 17.0 Å². The van der Waals surface area contributed by atoms with Gasteiger partial charge in [0.05, 0.1) is 33.3 Å². The maximum absolute atomic E-state index is 11.9. The Hall–Kier alpha value is -4.00. The van der Waals surface area contributed by atoms with Crippen molar-refractivity contribution in [2.24, 2.45) is 0 Å². The number of imidazole rings is 1. The van der Waals surface area contributed by atoms with Crippen LogP contribution in [0.5, 0.6) is 0 Å². The molecule has 0 aliphatic carbocycles. The zero-order valence-electron chi connectivity index (χ0n) is 18.3. The Kier molecular flexibility index (Phi) is 5.40. The second-order valence-corrected chi connectivity index (χ2v) is 10.8. The number of H-pyrrole nitrogens is 1. The fraction of sp³-hybridized carbons (Fsp3) is 0.0800. The number of sulfone groups is 1. The van der Waals surface area contributed by atoms with Crippen LogP contribution in [0.3, 0.4) is 0 Å². The summed E-state index contributed by atoms with van der Waals surface area (Å²) < 4.78 is 23.8. The van der Waals surface area contributed by atoms with Crippen molar-refractivity contribution in [2.45, 2.75) is 11.8 Å². The summed E-state index contributed by atoms with van der Waals surface area (Å²) in [6.45, 7) is 2.00. The minimum atomic E-state index is -3.30. The maximum Gasteiger partial charge on any atom is 0.187 e. The zero-order chi connectivity index (χ0) is 23.9. The molecule has 0 spiro atoms. The van der Waals surface area contributed by atoms with E-state index in [-0.39, 0.29) is 4.90 Å². The number of hydrogen-bond donors (Lipinski definition) is 2. The summed E-state index contributed by atoms with van der Waals surface area (Å²) in [5, 5.41) is 15.1. The standard InChI is InChI=1S/C25H19N5O2S2/c1-15-10-21-22(28-24(27-21)18-4-3-5-19(11-18)34(2,31)32)12-20(15)29-25-30-23(14-33-25)17-8-6-16(13-26)7-9-17/h3-12,14H,1-2H3,(H,27,28)(H,29,30). The van der Waals surface area contributed by atoms with Gasteiger partial charge in [0.15, 0.2) is 15.0 Å². The van der Waals surface area contributed by atoms with Crippen LogP contribution in [0.2, 0.25) is 0 Å². The second-order valence-electron chi connectivity index (χ2n) is 7.92. The minimum absolute atomic E-state index is 0.255. The third-order valence-corrected chi connectivity index (χ3v) is 7.29. The quantitative estimate of drug-likeness (QED) is 0.331. The van der Waals surface area contributed by atoms with Crippen molar-refractivity contribution in [3.63, 3.8) is 0 Å². The fourth-order valence-corrected chi connectivity index (χ4v) is 5.00. The number of benzene rings is 3. The summed E-state index contributed by atoms with van der Waals surface area (Å²) in [7, 11) is -3.30. The summed E-state index contributed by atoms with van der Waals surface area (Å²) in [5.41, 5.74) is 6.63. The monoisotopic (exact) mass is 485 g/mol. The van der Waals surface area contributed by atoms with E-state index in [1.165, 1.54) is 17.6 Å². The van der Waals surface area contributed by atoms with E-state index in [4.69, 9.17) is 5.26 Å². The van der Waals surface area contributed by atoms with Gasteiger partial charge < -0.3 is 10.3 Å². The van der Waals surface area contributed by atoms with Gasteiger partial charge in [0.2, 0.25) is 0 Å². The van der Waals surface area contributed by atoms with Gasteiger partial charge in [0, 0.05) is 28.5 Å². The highest BCUT2D eigenvalue weighted by molar-refractivity contribution is 7.90. The third-order valence-electron chi connectivity index (χ3n) is 5.42. The van der Waals surface area contributed by atoms with Crippen LogP contribution in [0.25, 0.3) is 33.7 Å². The number of nitrogens with zero attached hydrogens (tertiary/aromatic N) is 3. The molecule has 2 aromatic heterocycles. The lowest BCUT2D eigenvalue weighted by Gasteiger charge is -2.06. The number of thiazole rings is 1. The first-order chi connectivity index (χ1) is 16.3. The molecule has 0 atom stereocenters. The molecule has 0 bridgehead atoms. The Bertz CT molecular complexity index is 1680. The molecule has 3 aromatic carbocycles. The molecule has 0 saturated heterocycles. The van der Waals surface area contributed by atoms with Crippen molar-refractivity contribution in [1.82, 2.24) is 15.0 Å². The van der Waals surface area contributed by atoms with E-state index in [1.54, 1.807) is 30.3 Å². The average molecular weight is 486 g/mol. The van der Waals surface area contributed by atoms with Crippen molar-refractivity contribution >= 4 is 43.0 Å². The SMILES string of the molecule is Cc1cc2[nH]c(-c3cccc(S(C)(=O)=O)c3)nc2cc1Nc1nc(-c2ccc(C#N)cc2)cs1. The first kappa shape index (κ1) is 21.8. The van der Waals surface area contributed by atoms with E-state index >= 15 is 0 Å². The van der Waals surface area contributed by atoms with Crippen LogP contribution in [-0.4, -0.2) is 29.6 Å². The summed E-state index contributed by atoms with van der Waals surface area (Å²) in [6, 6.07) is 20.2. The molecule has 5 aromatic rings. The molecule has 0 fully saturated rings. The molecule has 168 valence electrons. The molecule has 5 rings (SSSR count). The Morgan fingerprint density at radius 3 is 2.56 bits per heavy atom. The van der Waals surface area contributed by atoms with Gasteiger partial charge in [0.25, 0.3) is 0 Å². The zero-order valence-corrected chi connectivity index (χ0v) is 20.0. The predicted molar refractivity (Wildman–Crippen MR) is 135 cm³/mol. The normalized spacial score (nSPS) is 11.4. The Balaban J connectivity index is 1.44. The summed E-state index contributed by atoms with van der Waals surface area (Å²) >= 11 is 1.50. The van der Waals surface area contributed by atoms with Gasteiger partial charge in [-0.25, -0.2) is 18.4 Å². The number of nitriles is 1. The molecule has 0 saturated carbocycles. The lowest BCUT2D eigenvalue weighted by Crippen LogP contribution is -1.97. The van der Waals surface area contributed by atoms with Crippen molar-refractivity contribution in [3.8, 4) is 28.7 Å². The topological polar surface area (TPSA) is 112 Å². The highest BCUT2D eigenvalue weighted by Crippen LogP contribution is 2.31. The summed E-state index contributed by atoms with van der Waals surface area (Å²) in [6.07, 6.45) is 1.19. The summed E-state index contributed by atoms with van der Waals surface area (Å²) in [4.78, 5) is 12.9. The minimum Gasteiger partial charge on any atom is -0.338 e.